The lowest BCUT2D eigenvalue weighted by Gasteiger charge is -2.41. The standard InChI is InChI=1S/C19H20F4N6O3/c20-10-1-4-15(24-7-10)27-18(32)29-11-5-6-28(8-11)13-3-2-12(25-16(13)29)17(31)26-14(9-30)19(21,22)23/h1-4,7,11-12,14,25,30H,5-6,8-9H2,(H,26,31)(H,24,27,32)/t11-,12?,14+/m0/s1. The molecule has 1 saturated heterocycles. The normalized spacial score (nSPS) is 22.9. The highest BCUT2D eigenvalue weighted by atomic mass is 19.4. The third-order valence-corrected chi connectivity index (χ3v) is 5.45. The van der Waals surface area contributed by atoms with E-state index in [9.17, 15) is 27.2 Å². The van der Waals surface area contributed by atoms with E-state index in [0.717, 1.165) is 12.3 Å². The zero-order valence-corrected chi connectivity index (χ0v) is 16.6. The molecule has 32 heavy (non-hydrogen) atoms. The number of urea groups is 1. The summed E-state index contributed by atoms with van der Waals surface area (Å²) in [7, 11) is 0. The number of carbonyl (C=O) groups is 2. The lowest BCUT2D eigenvalue weighted by molar-refractivity contribution is -0.168. The van der Waals surface area contributed by atoms with Crippen molar-refractivity contribution in [1.29, 1.82) is 0 Å². The molecule has 13 heteroatoms. The molecule has 172 valence electrons. The van der Waals surface area contributed by atoms with Gasteiger partial charge >= 0.3 is 12.2 Å². The van der Waals surface area contributed by atoms with Gasteiger partial charge in [-0.1, -0.05) is 6.08 Å². The number of aliphatic hydroxyl groups excluding tert-OH is 1. The van der Waals surface area contributed by atoms with E-state index < -0.39 is 42.6 Å². The highest BCUT2D eigenvalue weighted by molar-refractivity contribution is 5.91. The van der Waals surface area contributed by atoms with Crippen molar-refractivity contribution in [3.8, 4) is 0 Å². The maximum absolute atomic E-state index is 13.1. The van der Waals surface area contributed by atoms with Crippen LogP contribution in [0.25, 0.3) is 0 Å². The van der Waals surface area contributed by atoms with E-state index >= 15 is 0 Å². The molecule has 9 nitrogen and oxygen atoms in total. The van der Waals surface area contributed by atoms with Crippen LogP contribution in [0.4, 0.5) is 28.2 Å². The van der Waals surface area contributed by atoms with Gasteiger partial charge in [-0.25, -0.2) is 14.2 Å². The summed E-state index contributed by atoms with van der Waals surface area (Å²) < 4.78 is 51.8. The van der Waals surface area contributed by atoms with Crippen LogP contribution in [0.5, 0.6) is 0 Å². The molecule has 3 amide bonds. The number of hydrogen-bond donors (Lipinski definition) is 4. The Morgan fingerprint density at radius 1 is 1.34 bits per heavy atom. The first-order valence-electron chi connectivity index (χ1n) is 9.81. The van der Waals surface area contributed by atoms with Gasteiger partial charge in [0, 0.05) is 13.1 Å². The lowest BCUT2D eigenvalue weighted by atomic mass is 10.1. The van der Waals surface area contributed by atoms with Gasteiger partial charge in [0.15, 0.2) is 0 Å². The molecule has 4 rings (SSSR count). The van der Waals surface area contributed by atoms with Crippen molar-refractivity contribution >= 4 is 17.8 Å². The molecular weight excluding hydrogens is 436 g/mol. The predicted molar refractivity (Wildman–Crippen MR) is 103 cm³/mol. The van der Waals surface area contributed by atoms with Crippen LogP contribution < -0.4 is 16.0 Å². The average molecular weight is 456 g/mol. The molecule has 0 aliphatic carbocycles. The number of anilines is 1. The van der Waals surface area contributed by atoms with Crippen molar-refractivity contribution in [2.24, 2.45) is 0 Å². The topological polar surface area (TPSA) is 110 Å². The minimum Gasteiger partial charge on any atom is -0.394 e. The molecule has 3 atom stereocenters. The van der Waals surface area contributed by atoms with Crippen LogP contribution in [0, 0.1) is 5.82 Å². The summed E-state index contributed by atoms with van der Waals surface area (Å²) in [4.78, 5) is 32.6. The van der Waals surface area contributed by atoms with Crippen LogP contribution in [0.15, 0.2) is 42.0 Å². The molecular formula is C19H20F4N6O3. The highest BCUT2D eigenvalue weighted by Gasteiger charge is 2.44. The van der Waals surface area contributed by atoms with Gasteiger partial charge in [-0.15, -0.1) is 0 Å². The number of carbonyl (C=O) groups excluding carboxylic acids is 2. The summed E-state index contributed by atoms with van der Waals surface area (Å²) in [5.74, 6) is -1.17. The fourth-order valence-electron chi connectivity index (χ4n) is 3.87. The van der Waals surface area contributed by atoms with Crippen LogP contribution in [0.3, 0.4) is 0 Å². The second kappa shape index (κ2) is 8.30. The van der Waals surface area contributed by atoms with E-state index in [1.165, 1.54) is 17.0 Å². The molecule has 1 unspecified atom stereocenters. The number of halogens is 4. The van der Waals surface area contributed by atoms with Crippen LogP contribution >= 0.6 is 0 Å². The minimum absolute atomic E-state index is 0.121. The van der Waals surface area contributed by atoms with E-state index in [1.807, 2.05) is 4.90 Å². The Morgan fingerprint density at radius 3 is 2.78 bits per heavy atom. The molecule has 0 aromatic carbocycles. The fourth-order valence-corrected chi connectivity index (χ4v) is 3.87. The number of rotatable bonds is 4. The van der Waals surface area contributed by atoms with Crippen molar-refractivity contribution < 1.29 is 32.3 Å². The molecule has 1 fully saturated rings. The second-order valence-electron chi connectivity index (χ2n) is 7.55. The average Bonchev–Trinajstić information content (AvgIpc) is 3.16. The monoisotopic (exact) mass is 456 g/mol. The van der Waals surface area contributed by atoms with Gasteiger partial charge in [0.05, 0.1) is 24.5 Å². The Bertz CT molecular complexity index is 965. The van der Waals surface area contributed by atoms with Crippen molar-refractivity contribution in [2.45, 2.75) is 30.7 Å². The summed E-state index contributed by atoms with van der Waals surface area (Å²) in [6, 6.07) is -1.98. The number of aromatic nitrogens is 1. The second-order valence-corrected chi connectivity index (χ2v) is 7.55. The van der Waals surface area contributed by atoms with Gasteiger partial charge in [-0.2, -0.15) is 13.2 Å². The molecule has 1 aromatic heterocycles. The zero-order valence-electron chi connectivity index (χ0n) is 16.6. The molecule has 2 bridgehead atoms. The number of nitrogens with one attached hydrogen (secondary N) is 3. The third-order valence-electron chi connectivity index (χ3n) is 5.45. The van der Waals surface area contributed by atoms with E-state index in [2.05, 4.69) is 15.6 Å². The smallest absolute Gasteiger partial charge is 0.394 e. The number of allylic oxidation sites excluding steroid dienone is 1. The summed E-state index contributed by atoms with van der Waals surface area (Å²) in [5, 5.41) is 16.1. The van der Waals surface area contributed by atoms with Crippen molar-refractivity contribution in [2.75, 3.05) is 25.0 Å². The number of aliphatic hydroxyl groups is 1. The maximum Gasteiger partial charge on any atom is 0.410 e. The third kappa shape index (κ3) is 4.20. The Hall–Kier alpha value is -3.35. The highest BCUT2D eigenvalue weighted by Crippen LogP contribution is 2.33. The first-order valence-corrected chi connectivity index (χ1v) is 9.81. The van der Waals surface area contributed by atoms with E-state index in [4.69, 9.17) is 5.11 Å². The van der Waals surface area contributed by atoms with Crippen LogP contribution in [-0.2, 0) is 4.79 Å². The van der Waals surface area contributed by atoms with Crippen molar-refractivity contribution in [3.05, 3.63) is 47.8 Å². The van der Waals surface area contributed by atoms with Crippen molar-refractivity contribution in [1.82, 2.24) is 25.4 Å². The van der Waals surface area contributed by atoms with Gasteiger partial charge < -0.3 is 20.6 Å². The van der Waals surface area contributed by atoms with Crippen molar-refractivity contribution in [3.63, 3.8) is 0 Å². The first kappa shape index (κ1) is 21.9. The van der Waals surface area contributed by atoms with Crippen LogP contribution in [0.2, 0.25) is 0 Å². The molecule has 4 N–H and O–H groups in total. The van der Waals surface area contributed by atoms with E-state index in [1.54, 1.807) is 11.4 Å². The molecule has 3 aliphatic heterocycles. The Labute approximate surface area is 179 Å². The molecule has 0 radical (unpaired) electrons. The summed E-state index contributed by atoms with van der Waals surface area (Å²) in [6.45, 7) is -0.0903. The number of hydrogen-bond acceptors (Lipinski definition) is 6. The van der Waals surface area contributed by atoms with E-state index in [0.29, 0.717) is 25.2 Å². The SMILES string of the molecule is O=C(N[C@H](CO)C(F)(F)F)C1C=CC2=C(N1)N(C(=O)Nc1ccc(F)cn1)[C@H]1CCN2C1. The van der Waals surface area contributed by atoms with Gasteiger partial charge in [-0.05, 0) is 24.6 Å². The van der Waals surface area contributed by atoms with Crippen LogP contribution in [-0.4, -0.2) is 75.8 Å². The Balaban J connectivity index is 1.53. The Morgan fingerprint density at radius 2 is 2.12 bits per heavy atom. The van der Waals surface area contributed by atoms with Gasteiger partial charge in [0.25, 0.3) is 0 Å². The number of nitrogens with zero attached hydrogens (tertiary/aromatic N) is 3. The maximum atomic E-state index is 13.1. The molecule has 1 aromatic rings. The quantitative estimate of drug-likeness (QED) is 0.501. The first-order chi connectivity index (χ1) is 15.2. The number of fused-ring (bicyclic) bond motifs is 3. The fraction of sp³-hybridized carbons (Fsp3) is 0.421. The number of amides is 3. The minimum atomic E-state index is -4.81. The molecule has 4 heterocycles. The van der Waals surface area contributed by atoms with Gasteiger partial charge in [-0.3, -0.25) is 15.0 Å². The predicted octanol–water partition coefficient (Wildman–Crippen LogP) is 0.879. The Kier molecular flexibility index (Phi) is 5.67. The molecule has 3 aliphatic rings. The number of pyridine rings is 1. The zero-order chi connectivity index (χ0) is 23.0. The number of dihydropyridines is 1. The largest absolute Gasteiger partial charge is 0.410 e. The molecule has 0 spiro atoms. The summed E-state index contributed by atoms with van der Waals surface area (Å²) >= 11 is 0. The van der Waals surface area contributed by atoms with Crippen LogP contribution in [0.1, 0.15) is 6.42 Å². The summed E-state index contributed by atoms with van der Waals surface area (Å²) in [5.41, 5.74) is 0.625. The van der Waals surface area contributed by atoms with Gasteiger partial charge in [0.1, 0.15) is 29.5 Å². The lowest BCUT2D eigenvalue weighted by Crippen LogP contribution is -2.58. The number of alkyl halides is 3. The molecule has 0 saturated carbocycles. The van der Waals surface area contributed by atoms with E-state index in [-0.39, 0.29) is 17.7 Å². The summed E-state index contributed by atoms with van der Waals surface area (Å²) in [6.07, 6.45) is -0.236. The van der Waals surface area contributed by atoms with Gasteiger partial charge in [0.2, 0.25) is 5.91 Å².